The van der Waals surface area contributed by atoms with E-state index < -0.39 is 0 Å². The summed E-state index contributed by atoms with van der Waals surface area (Å²) < 4.78 is 6.42. The zero-order chi connectivity index (χ0) is 15.7. The average Bonchev–Trinajstić information content (AvgIpc) is 2.47. The van der Waals surface area contributed by atoms with Crippen LogP contribution in [0.3, 0.4) is 0 Å². The largest absolute Gasteiger partial charge is 0.375 e. The van der Waals surface area contributed by atoms with E-state index in [1.807, 2.05) is 4.90 Å². The van der Waals surface area contributed by atoms with Gasteiger partial charge in [0.05, 0.1) is 22.2 Å². The van der Waals surface area contributed by atoms with E-state index >= 15 is 0 Å². The number of nitrogens with zero attached hydrogens (tertiary/aromatic N) is 1. The highest BCUT2D eigenvalue weighted by molar-refractivity contribution is 9.10. The van der Waals surface area contributed by atoms with E-state index in [1.165, 1.54) is 19.3 Å². The number of rotatable bonds is 3. The molecule has 1 saturated heterocycles. The first kappa shape index (κ1) is 15.7. The fraction of sp³-hybridized carbons (Fsp3) is 0.625. The molecule has 0 radical (unpaired) electrons. The number of hydrogen-bond acceptors (Lipinski definition) is 3. The molecule has 0 unspecified atom stereocenters. The quantitative estimate of drug-likeness (QED) is 0.891. The minimum atomic E-state index is -0.207. The number of aromatic nitrogens is 1. The van der Waals surface area contributed by atoms with Crippen LogP contribution < -0.4 is 5.56 Å². The van der Waals surface area contributed by atoms with E-state index in [1.54, 1.807) is 13.0 Å². The standard InChI is InChI=1S/C16H21BrN2O3/c1-10-13(9-14(17)15(20)18-10)16(21)19-7-5-12(6-8-19)22-11-3-2-4-11/h9,11-12H,2-8H2,1H3,(H,18,20). The topological polar surface area (TPSA) is 62.4 Å². The summed E-state index contributed by atoms with van der Waals surface area (Å²) in [5.74, 6) is -0.0171. The smallest absolute Gasteiger partial charge is 0.262 e. The summed E-state index contributed by atoms with van der Waals surface area (Å²) in [5.41, 5.74) is 0.970. The number of likely N-dealkylation sites (tertiary alicyclic amines) is 1. The van der Waals surface area contributed by atoms with E-state index in [4.69, 9.17) is 4.74 Å². The molecule has 6 heteroatoms. The van der Waals surface area contributed by atoms with Gasteiger partial charge in [-0.2, -0.15) is 0 Å². The number of carbonyl (C=O) groups excluding carboxylic acids is 1. The van der Waals surface area contributed by atoms with Gasteiger partial charge < -0.3 is 14.6 Å². The van der Waals surface area contributed by atoms with Crippen molar-refractivity contribution in [2.24, 2.45) is 0 Å². The van der Waals surface area contributed by atoms with Crippen molar-refractivity contribution in [2.45, 2.75) is 51.2 Å². The molecular weight excluding hydrogens is 348 g/mol. The van der Waals surface area contributed by atoms with Crippen LogP contribution in [0.2, 0.25) is 0 Å². The maximum absolute atomic E-state index is 12.6. The van der Waals surface area contributed by atoms with Crippen molar-refractivity contribution in [3.63, 3.8) is 0 Å². The van der Waals surface area contributed by atoms with E-state index in [0.717, 1.165) is 12.8 Å². The predicted octanol–water partition coefficient (Wildman–Crippen LogP) is 2.62. The molecule has 1 aromatic heterocycles. The van der Waals surface area contributed by atoms with Crippen LogP contribution in [0.4, 0.5) is 0 Å². The normalized spacial score (nSPS) is 20.0. The lowest BCUT2D eigenvalue weighted by atomic mass is 9.95. The molecule has 1 saturated carbocycles. The van der Waals surface area contributed by atoms with Crippen molar-refractivity contribution >= 4 is 21.8 Å². The lowest BCUT2D eigenvalue weighted by Crippen LogP contribution is -2.43. The van der Waals surface area contributed by atoms with Gasteiger partial charge in [0.1, 0.15) is 0 Å². The van der Waals surface area contributed by atoms with E-state index in [-0.39, 0.29) is 17.6 Å². The van der Waals surface area contributed by atoms with Crippen LogP contribution in [-0.4, -0.2) is 41.1 Å². The van der Waals surface area contributed by atoms with E-state index in [2.05, 4.69) is 20.9 Å². The number of H-pyrrole nitrogens is 1. The second-order valence-electron chi connectivity index (χ2n) is 6.17. The Bertz CT molecular complexity index is 616. The molecule has 2 heterocycles. The molecule has 0 aromatic carbocycles. The van der Waals surface area contributed by atoms with Crippen LogP contribution in [0.1, 0.15) is 48.2 Å². The van der Waals surface area contributed by atoms with Crippen LogP contribution in [0.5, 0.6) is 0 Å². The molecule has 0 atom stereocenters. The Balaban J connectivity index is 1.62. The number of piperidine rings is 1. The molecule has 1 aromatic rings. The molecular formula is C16H21BrN2O3. The third-order valence-corrected chi connectivity index (χ3v) is 5.18. The van der Waals surface area contributed by atoms with Crippen molar-refractivity contribution in [3.8, 4) is 0 Å². The number of aromatic amines is 1. The van der Waals surface area contributed by atoms with Gasteiger partial charge in [0.15, 0.2) is 0 Å². The van der Waals surface area contributed by atoms with E-state index in [0.29, 0.717) is 34.9 Å². The van der Waals surface area contributed by atoms with Crippen LogP contribution >= 0.6 is 15.9 Å². The Morgan fingerprint density at radius 1 is 1.27 bits per heavy atom. The van der Waals surface area contributed by atoms with Gasteiger partial charge in [-0.3, -0.25) is 9.59 Å². The lowest BCUT2D eigenvalue weighted by molar-refractivity contribution is -0.0705. The van der Waals surface area contributed by atoms with Gasteiger partial charge in [-0.15, -0.1) is 0 Å². The highest BCUT2D eigenvalue weighted by Gasteiger charge is 2.28. The van der Waals surface area contributed by atoms with Crippen LogP contribution in [0.15, 0.2) is 15.3 Å². The summed E-state index contributed by atoms with van der Waals surface area (Å²) >= 11 is 3.19. The first-order chi connectivity index (χ1) is 10.5. The van der Waals surface area contributed by atoms with Crippen molar-refractivity contribution in [3.05, 3.63) is 32.2 Å². The highest BCUT2D eigenvalue weighted by Crippen LogP contribution is 2.27. The Morgan fingerprint density at radius 2 is 1.91 bits per heavy atom. The number of halogens is 1. The molecule has 120 valence electrons. The Kier molecular flexibility index (Phi) is 4.68. The molecule has 0 spiro atoms. The molecule has 1 aliphatic carbocycles. The number of hydrogen-bond donors (Lipinski definition) is 1. The molecule has 2 aliphatic rings. The highest BCUT2D eigenvalue weighted by atomic mass is 79.9. The van der Waals surface area contributed by atoms with Crippen molar-refractivity contribution < 1.29 is 9.53 Å². The second-order valence-corrected chi connectivity index (χ2v) is 7.02. The van der Waals surface area contributed by atoms with E-state index in [9.17, 15) is 9.59 Å². The molecule has 0 bridgehead atoms. The molecule has 5 nitrogen and oxygen atoms in total. The number of pyridine rings is 1. The van der Waals surface area contributed by atoms with Crippen molar-refractivity contribution in [1.82, 2.24) is 9.88 Å². The van der Waals surface area contributed by atoms with Gasteiger partial charge >= 0.3 is 0 Å². The number of aryl methyl sites for hydroxylation is 1. The molecule has 1 amide bonds. The fourth-order valence-corrected chi connectivity index (χ4v) is 3.29. The SMILES string of the molecule is Cc1[nH]c(=O)c(Br)cc1C(=O)N1CCC(OC2CCC2)CC1. The van der Waals surface area contributed by atoms with Gasteiger partial charge in [-0.1, -0.05) is 0 Å². The minimum Gasteiger partial charge on any atom is -0.375 e. The van der Waals surface area contributed by atoms with Gasteiger partial charge in [0.25, 0.3) is 11.5 Å². The van der Waals surface area contributed by atoms with Gasteiger partial charge in [0.2, 0.25) is 0 Å². The Morgan fingerprint density at radius 3 is 2.50 bits per heavy atom. The molecule has 1 N–H and O–H groups in total. The lowest BCUT2D eigenvalue weighted by Gasteiger charge is -2.36. The fourth-order valence-electron chi connectivity index (χ4n) is 2.96. The van der Waals surface area contributed by atoms with Crippen LogP contribution in [0, 0.1) is 6.92 Å². The summed E-state index contributed by atoms with van der Waals surface area (Å²) in [5, 5.41) is 0. The first-order valence-electron chi connectivity index (χ1n) is 7.89. The van der Waals surface area contributed by atoms with Crippen molar-refractivity contribution in [1.29, 1.82) is 0 Å². The van der Waals surface area contributed by atoms with Crippen LogP contribution in [0.25, 0.3) is 0 Å². The molecule has 3 rings (SSSR count). The van der Waals surface area contributed by atoms with Crippen LogP contribution in [-0.2, 0) is 4.74 Å². The zero-order valence-electron chi connectivity index (χ0n) is 12.7. The summed E-state index contributed by atoms with van der Waals surface area (Å²) in [6.45, 7) is 3.19. The average molecular weight is 369 g/mol. The third kappa shape index (κ3) is 3.27. The maximum Gasteiger partial charge on any atom is 0.262 e. The summed E-state index contributed by atoms with van der Waals surface area (Å²) in [4.78, 5) is 28.7. The Labute approximate surface area is 138 Å². The number of nitrogens with one attached hydrogen (secondary N) is 1. The number of carbonyl (C=O) groups is 1. The minimum absolute atomic E-state index is 0.0171. The summed E-state index contributed by atoms with van der Waals surface area (Å²) in [7, 11) is 0. The predicted molar refractivity (Wildman–Crippen MR) is 87.1 cm³/mol. The molecule has 2 fully saturated rings. The zero-order valence-corrected chi connectivity index (χ0v) is 14.3. The summed E-state index contributed by atoms with van der Waals surface area (Å²) in [6, 6.07) is 1.62. The van der Waals surface area contributed by atoms with Crippen molar-refractivity contribution in [2.75, 3.05) is 13.1 Å². The monoisotopic (exact) mass is 368 g/mol. The second kappa shape index (κ2) is 6.54. The first-order valence-corrected chi connectivity index (χ1v) is 8.68. The van der Waals surface area contributed by atoms with Gasteiger partial charge in [0, 0.05) is 18.8 Å². The van der Waals surface area contributed by atoms with Gasteiger partial charge in [-0.25, -0.2) is 0 Å². The number of ether oxygens (including phenoxy) is 1. The Hall–Kier alpha value is -1.14. The number of amides is 1. The summed E-state index contributed by atoms with van der Waals surface area (Å²) in [6.07, 6.45) is 6.18. The molecule has 22 heavy (non-hydrogen) atoms. The van der Waals surface area contributed by atoms with Gasteiger partial charge in [-0.05, 0) is 61.0 Å². The molecule has 1 aliphatic heterocycles. The third-order valence-electron chi connectivity index (χ3n) is 4.59. The maximum atomic E-state index is 12.6.